The number of ether oxygens (including phenoxy) is 1. The standard InChI is InChI=1S/C9H18N2O5/c1-11(4-3-5-16-2)9(15)10-6-7(12)8(13)14/h7,12H,3-6H2,1-2H3,(H,10,15)(H,13,14). The first-order valence-electron chi connectivity index (χ1n) is 4.87. The van der Waals surface area contributed by atoms with Crippen LogP contribution in [0.1, 0.15) is 6.42 Å². The molecule has 0 saturated carbocycles. The van der Waals surface area contributed by atoms with Crippen molar-refractivity contribution in [2.24, 2.45) is 0 Å². The number of carbonyl (C=O) groups excluding carboxylic acids is 1. The third-order valence-electron chi connectivity index (χ3n) is 1.92. The van der Waals surface area contributed by atoms with Crippen LogP contribution < -0.4 is 5.32 Å². The Kier molecular flexibility index (Phi) is 7.23. The summed E-state index contributed by atoms with van der Waals surface area (Å²) < 4.78 is 4.83. The van der Waals surface area contributed by atoms with Gasteiger partial charge in [-0.25, -0.2) is 9.59 Å². The van der Waals surface area contributed by atoms with E-state index in [0.29, 0.717) is 19.6 Å². The van der Waals surface area contributed by atoms with Crippen molar-refractivity contribution in [3.63, 3.8) is 0 Å². The van der Waals surface area contributed by atoms with Crippen LogP contribution in [0.2, 0.25) is 0 Å². The van der Waals surface area contributed by atoms with Crippen LogP contribution in [0.3, 0.4) is 0 Å². The van der Waals surface area contributed by atoms with E-state index in [-0.39, 0.29) is 6.54 Å². The summed E-state index contributed by atoms with van der Waals surface area (Å²) in [5.74, 6) is -1.36. The number of carbonyl (C=O) groups is 2. The van der Waals surface area contributed by atoms with Crippen molar-refractivity contribution in [1.82, 2.24) is 10.2 Å². The fourth-order valence-corrected chi connectivity index (χ4v) is 0.954. The zero-order valence-electron chi connectivity index (χ0n) is 9.47. The van der Waals surface area contributed by atoms with E-state index < -0.39 is 18.1 Å². The molecule has 0 aliphatic heterocycles. The van der Waals surface area contributed by atoms with Crippen LogP contribution in [0, 0.1) is 0 Å². The van der Waals surface area contributed by atoms with Crippen molar-refractivity contribution in [3.05, 3.63) is 0 Å². The van der Waals surface area contributed by atoms with Crippen molar-refractivity contribution in [2.75, 3.05) is 33.9 Å². The van der Waals surface area contributed by atoms with E-state index >= 15 is 0 Å². The van der Waals surface area contributed by atoms with Crippen LogP contribution in [0.4, 0.5) is 4.79 Å². The van der Waals surface area contributed by atoms with E-state index in [1.54, 1.807) is 14.2 Å². The zero-order chi connectivity index (χ0) is 12.6. The normalized spacial score (nSPS) is 11.9. The highest BCUT2D eigenvalue weighted by Crippen LogP contribution is 1.90. The molecule has 0 aromatic carbocycles. The number of urea groups is 1. The van der Waals surface area contributed by atoms with Gasteiger partial charge in [-0.2, -0.15) is 0 Å². The van der Waals surface area contributed by atoms with Gasteiger partial charge in [0.1, 0.15) is 0 Å². The summed E-state index contributed by atoms with van der Waals surface area (Å²) in [4.78, 5) is 23.0. The molecule has 0 fully saturated rings. The molecule has 94 valence electrons. The van der Waals surface area contributed by atoms with Gasteiger partial charge < -0.3 is 25.2 Å². The molecule has 0 bridgehead atoms. The Morgan fingerprint density at radius 1 is 1.50 bits per heavy atom. The fourth-order valence-electron chi connectivity index (χ4n) is 0.954. The Morgan fingerprint density at radius 2 is 2.12 bits per heavy atom. The number of rotatable bonds is 7. The number of nitrogens with zero attached hydrogens (tertiary/aromatic N) is 1. The van der Waals surface area contributed by atoms with Gasteiger partial charge in [0.05, 0.1) is 6.54 Å². The monoisotopic (exact) mass is 234 g/mol. The van der Waals surface area contributed by atoms with Gasteiger partial charge in [0, 0.05) is 27.3 Å². The second kappa shape index (κ2) is 7.89. The topological polar surface area (TPSA) is 99.1 Å². The van der Waals surface area contributed by atoms with Gasteiger partial charge in [0.2, 0.25) is 0 Å². The number of methoxy groups -OCH3 is 1. The molecule has 7 heteroatoms. The van der Waals surface area contributed by atoms with Gasteiger partial charge in [-0.15, -0.1) is 0 Å². The van der Waals surface area contributed by atoms with Crippen molar-refractivity contribution in [1.29, 1.82) is 0 Å². The lowest BCUT2D eigenvalue weighted by Gasteiger charge is -2.18. The van der Waals surface area contributed by atoms with Gasteiger partial charge in [0.25, 0.3) is 0 Å². The van der Waals surface area contributed by atoms with Crippen LogP contribution in [0.5, 0.6) is 0 Å². The molecule has 1 unspecified atom stereocenters. The summed E-state index contributed by atoms with van der Waals surface area (Å²) in [7, 11) is 3.15. The number of amides is 2. The van der Waals surface area contributed by atoms with Crippen LogP contribution in [0.25, 0.3) is 0 Å². The molecule has 0 aliphatic carbocycles. The van der Waals surface area contributed by atoms with Crippen LogP contribution in [-0.2, 0) is 9.53 Å². The summed E-state index contributed by atoms with van der Waals surface area (Å²) in [5, 5.41) is 19.6. The lowest BCUT2D eigenvalue weighted by molar-refractivity contribution is -0.146. The maximum absolute atomic E-state index is 11.3. The third kappa shape index (κ3) is 6.20. The Balaban J connectivity index is 3.74. The summed E-state index contributed by atoms with van der Waals surface area (Å²) in [5.41, 5.74) is 0. The lowest BCUT2D eigenvalue weighted by atomic mass is 10.3. The van der Waals surface area contributed by atoms with Crippen LogP contribution >= 0.6 is 0 Å². The van der Waals surface area contributed by atoms with E-state index in [1.165, 1.54) is 4.90 Å². The maximum Gasteiger partial charge on any atom is 0.334 e. The molecule has 2 amide bonds. The zero-order valence-corrected chi connectivity index (χ0v) is 9.47. The SMILES string of the molecule is COCCCN(C)C(=O)NCC(O)C(=O)O. The molecule has 0 aliphatic rings. The predicted octanol–water partition coefficient (Wildman–Crippen LogP) is -0.890. The van der Waals surface area contributed by atoms with Gasteiger partial charge in [-0.05, 0) is 6.42 Å². The predicted molar refractivity (Wildman–Crippen MR) is 56.2 cm³/mol. The van der Waals surface area contributed by atoms with E-state index in [0.717, 1.165) is 0 Å². The van der Waals surface area contributed by atoms with Gasteiger partial charge >= 0.3 is 12.0 Å². The molecular weight excluding hydrogens is 216 g/mol. The number of hydrogen-bond acceptors (Lipinski definition) is 4. The molecule has 1 atom stereocenters. The molecule has 0 aromatic rings. The first-order chi connectivity index (χ1) is 7.49. The second-order valence-electron chi connectivity index (χ2n) is 3.31. The minimum atomic E-state index is -1.57. The first kappa shape index (κ1) is 14.7. The van der Waals surface area contributed by atoms with Gasteiger partial charge in [-0.1, -0.05) is 0 Å². The molecular formula is C9H18N2O5. The average Bonchev–Trinajstić information content (AvgIpc) is 2.25. The molecule has 16 heavy (non-hydrogen) atoms. The minimum absolute atomic E-state index is 0.303. The fraction of sp³-hybridized carbons (Fsp3) is 0.778. The number of carboxylic acids is 1. The highest BCUT2D eigenvalue weighted by atomic mass is 16.5. The largest absolute Gasteiger partial charge is 0.479 e. The van der Waals surface area contributed by atoms with Gasteiger partial charge in [0.15, 0.2) is 6.10 Å². The number of aliphatic hydroxyl groups excluding tert-OH is 1. The van der Waals surface area contributed by atoms with E-state index in [1.807, 2.05) is 0 Å². The molecule has 0 heterocycles. The Labute approximate surface area is 94.0 Å². The number of hydrogen-bond donors (Lipinski definition) is 3. The summed E-state index contributed by atoms with van der Waals surface area (Å²) >= 11 is 0. The summed E-state index contributed by atoms with van der Waals surface area (Å²) in [6.07, 6.45) is -0.877. The molecule has 0 spiro atoms. The Hall–Kier alpha value is -1.34. The average molecular weight is 234 g/mol. The van der Waals surface area contributed by atoms with E-state index in [9.17, 15) is 9.59 Å². The highest BCUT2D eigenvalue weighted by molar-refractivity contribution is 5.76. The summed E-state index contributed by atoms with van der Waals surface area (Å²) in [6, 6.07) is -0.420. The maximum atomic E-state index is 11.3. The molecule has 0 radical (unpaired) electrons. The smallest absolute Gasteiger partial charge is 0.334 e. The van der Waals surface area contributed by atoms with Crippen LogP contribution in [0.15, 0.2) is 0 Å². The summed E-state index contributed by atoms with van der Waals surface area (Å²) in [6.45, 7) is 0.751. The van der Waals surface area contributed by atoms with Crippen LogP contribution in [-0.4, -0.2) is 67.1 Å². The van der Waals surface area contributed by atoms with E-state index in [4.69, 9.17) is 14.9 Å². The number of aliphatic carboxylic acids is 1. The number of nitrogens with one attached hydrogen (secondary N) is 1. The molecule has 0 rings (SSSR count). The first-order valence-corrected chi connectivity index (χ1v) is 4.87. The van der Waals surface area contributed by atoms with E-state index in [2.05, 4.69) is 5.32 Å². The molecule has 3 N–H and O–H groups in total. The lowest BCUT2D eigenvalue weighted by Crippen LogP contribution is -2.43. The number of carboxylic acid groups (broad SMARTS) is 1. The van der Waals surface area contributed by atoms with Crippen molar-refractivity contribution in [2.45, 2.75) is 12.5 Å². The minimum Gasteiger partial charge on any atom is -0.479 e. The molecule has 7 nitrogen and oxygen atoms in total. The molecule has 0 aromatic heterocycles. The molecule has 0 saturated heterocycles. The second-order valence-corrected chi connectivity index (χ2v) is 3.31. The Bertz CT molecular complexity index is 234. The van der Waals surface area contributed by atoms with Crippen molar-refractivity contribution < 1.29 is 24.5 Å². The highest BCUT2D eigenvalue weighted by Gasteiger charge is 2.15. The Morgan fingerprint density at radius 3 is 2.62 bits per heavy atom. The number of aliphatic hydroxyl groups is 1. The van der Waals surface area contributed by atoms with Crippen molar-refractivity contribution in [3.8, 4) is 0 Å². The van der Waals surface area contributed by atoms with Gasteiger partial charge in [-0.3, -0.25) is 0 Å². The third-order valence-corrected chi connectivity index (χ3v) is 1.92. The quantitative estimate of drug-likeness (QED) is 0.496. The van der Waals surface area contributed by atoms with Crippen molar-refractivity contribution >= 4 is 12.0 Å².